The number of rotatable bonds is 9. The van der Waals surface area contributed by atoms with Gasteiger partial charge >= 0.3 is 0 Å². The van der Waals surface area contributed by atoms with Crippen LogP contribution < -0.4 is 10.1 Å². The zero-order chi connectivity index (χ0) is 15.6. The van der Waals surface area contributed by atoms with Gasteiger partial charge in [0.05, 0.1) is 0 Å². The summed E-state index contributed by atoms with van der Waals surface area (Å²) < 4.78 is 19.2. The number of nitrogens with one attached hydrogen (secondary N) is 1. The molecule has 2 aromatic rings. The summed E-state index contributed by atoms with van der Waals surface area (Å²) in [6.07, 6.45) is 1.78. The number of aliphatic hydroxyl groups excluding tert-OH is 1. The van der Waals surface area contributed by atoms with Crippen LogP contribution in [0.25, 0.3) is 0 Å². The summed E-state index contributed by atoms with van der Waals surface area (Å²) in [5, 5.41) is 12.0. The maximum Gasteiger partial charge on any atom is 0.129 e. The van der Waals surface area contributed by atoms with Gasteiger partial charge in [0.15, 0.2) is 0 Å². The van der Waals surface area contributed by atoms with Crippen LogP contribution in [-0.4, -0.2) is 18.3 Å². The van der Waals surface area contributed by atoms with Gasteiger partial charge in [-0.05, 0) is 43.1 Å². The van der Waals surface area contributed by atoms with Gasteiger partial charge in [-0.15, -0.1) is 0 Å². The monoisotopic (exact) mass is 303 g/mol. The van der Waals surface area contributed by atoms with Crippen LogP contribution in [0.5, 0.6) is 5.75 Å². The Morgan fingerprint density at radius 1 is 1.05 bits per heavy atom. The second-order valence-electron chi connectivity index (χ2n) is 5.13. The first kappa shape index (κ1) is 16.5. The molecule has 0 aliphatic carbocycles. The van der Waals surface area contributed by atoms with Crippen molar-refractivity contribution in [3.05, 3.63) is 65.5 Å². The van der Waals surface area contributed by atoms with Gasteiger partial charge in [0.2, 0.25) is 0 Å². The van der Waals surface area contributed by atoms with Crippen LogP contribution >= 0.6 is 0 Å². The van der Waals surface area contributed by atoms with Crippen LogP contribution in [0.4, 0.5) is 4.39 Å². The number of unbranched alkanes of at least 4 members (excludes halogenated alkanes) is 1. The number of benzene rings is 2. The first-order valence-electron chi connectivity index (χ1n) is 7.56. The predicted octanol–water partition coefficient (Wildman–Crippen LogP) is 3.27. The predicted molar refractivity (Wildman–Crippen MR) is 85.2 cm³/mol. The van der Waals surface area contributed by atoms with Crippen LogP contribution in [0.2, 0.25) is 0 Å². The van der Waals surface area contributed by atoms with Gasteiger partial charge in [-0.3, -0.25) is 0 Å². The minimum Gasteiger partial charge on any atom is -0.489 e. The Morgan fingerprint density at radius 3 is 2.73 bits per heavy atom. The van der Waals surface area contributed by atoms with Crippen LogP contribution in [0.3, 0.4) is 0 Å². The molecule has 0 spiro atoms. The topological polar surface area (TPSA) is 41.5 Å². The third-order valence-corrected chi connectivity index (χ3v) is 3.34. The van der Waals surface area contributed by atoms with Crippen molar-refractivity contribution in [1.82, 2.24) is 5.32 Å². The molecule has 4 heteroatoms. The second kappa shape index (κ2) is 9.18. The number of hydrogen-bond acceptors (Lipinski definition) is 3. The van der Waals surface area contributed by atoms with E-state index in [1.165, 1.54) is 6.07 Å². The summed E-state index contributed by atoms with van der Waals surface area (Å²) in [6, 6.07) is 14.4. The highest BCUT2D eigenvalue weighted by Gasteiger charge is 2.02. The van der Waals surface area contributed by atoms with E-state index in [1.807, 2.05) is 24.3 Å². The fourth-order valence-corrected chi connectivity index (χ4v) is 2.12. The lowest BCUT2D eigenvalue weighted by Crippen LogP contribution is -2.15. The normalized spacial score (nSPS) is 10.6. The van der Waals surface area contributed by atoms with Gasteiger partial charge in [-0.1, -0.05) is 30.3 Å². The molecule has 118 valence electrons. The maximum absolute atomic E-state index is 13.5. The van der Waals surface area contributed by atoms with Crippen LogP contribution in [0, 0.1) is 5.82 Å². The van der Waals surface area contributed by atoms with E-state index in [-0.39, 0.29) is 19.0 Å². The molecule has 3 nitrogen and oxygen atoms in total. The van der Waals surface area contributed by atoms with Crippen molar-refractivity contribution in [3.63, 3.8) is 0 Å². The van der Waals surface area contributed by atoms with Gasteiger partial charge in [0, 0.05) is 18.7 Å². The summed E-state index contributed by atoms with van der Waals surface area (Å²) in [5.41, 5.74) is 1.67. The minimum absolute atomic E-state index is 0.222. The van der Waals surface area contributed by atoms with Crippen molar-refractivity contribution in [2.75, 3.05) is 13.2 Å². The molecule has 0 aromatic heterocycles. The molecule has 0 unspecified atom stereocenters. The minimum atomic E-state index is -0.246. The maximum atomic E-state index is 13.5. The molecule has 0 aliphatic heterocycles. The smallest absolute Gasteiger partial charge is 0.129 e. The van der Waals surface area contributed by atoms with E-state index in [1.54, 1.807) is 18.2 Å². The second-order valence-corrected chi connectivity index (χ2v) is 5.13. The fourth-order valence-electron chi connectivity index (χ4n) is 2.12. The summed E-state index contributed by atoms with van der Waals surface area (Å²) in [5.74, 6) is 0.488. The van der Waals surface area contributed by atoms with Crippen molar-refractivity contribution in [3.8, 4) is 5.75 Å². The van der Waals surface area contributed by atoms with Gasteiger partial charge in [-0.25, -0.2) is 4.39 Å². The summed E-state index contributed by atoms with van der Waals surface area (Å²) in [6.45, 7) is 2.09. The first-order valence-corrected chi connectivity index (χ1v) is 7.56. The van der Waals surface area contributed by atoms with Crippen LogP contribution in [-0.2, 0) is 13.2 Å². The van der Waals surface area contributed by atoms with Gasteiger partial charge in [-0.2, -0.15) is 0 Å². The molecule has 22 heavy (non-hydrogen) atoms. The highest BCUT2D eigenvalue weighted by molar-refractivity contribution is 5.29. The van der Waals surface area contributed by atoms with Gasteiger partial charge in [0.1, 0.15) is 18.2 Å². The quantitative estimate of drug-likeness (QED) is 0.699. The number of ether oxygens (including phenoxy) is 1. The molecule has 0 amide bonds. The zero-order valence-corrected chi connectivity index (χ0v) is 12.6. The lowest BCUT2D eigenvalue weighted by Gasteiger charge is -2.09. The molecule has 2 rings (SSSR count). The fraction of sp³-hybridized carbons (Fsp3) is 0.333. The highest BCUT2D eigenvalue weighted by atomic mass is 19.1. The number of aliphatic hydroxyl groups is 1. The SMILES string of the molecule is OCCCCNCc1cccc(OCc2ccccc2F)c1. The summed E-state index contributed by atoms with van der Waals surface area (Å²) >= 11 is 0. The van der Waals surface area contributed by atoms with E-state index >= 15 is 0 Å². The molecule has 0 bridgehead atoms. The first-order chi connectivity index (χ1) is 10.8. The van der Waals surface area contributed by atoms with E-state index in [2.05, 4.69) is 5.32 Å². The highest BCUT2D eigenvalue weighted by Crippen LogP contribution is 2.16. The van der Waals surface area contributed by atoms with E-state index in [9.17, 15) is 4.39 Å². The third-order valence-electron chi connectivity index (χ3n) is 3.34. The Hall–Kier alpha value is -1.91. The Labute approximate surface area is 130 Å². The Morgan fingerprint density at radius 2 is 1.91 bits per heavy atom. The molecule has 0 atom stereocenters. The van der Waals surface area contributed by atoms with Crippen molar-refractivity contribution < 1.29 is 14.2 Å². The van der Waals surface area contributed by atoms with Crippen LogP contribution in [0.1, 0.15) is 24.0 Å². The lowest BCUT2D eigenvalue weighted by molar-refractivity contribution is 0.283. The number of halogens is 1. The van der Waals surface area contributed by atoms with Crippen molar-refractivity contribution in [1.29, 1.82) is 0 Å². The third kappa shape index (κ3) is 5.47. The van der Waals surface area contributed by atoms with E-state index < -0.39 is 0 Å². The van der Waals surface area contributed by atoms with Gasteiger partial charge in [0.25, 0.3) is 0 Å². The molecule has 0 aliphatic rings. The molecule has 0 fully saturated rings. The Balaban J connectivity index is 1.82. The molecule has 0 saturated heterocycles. The zero-order valence-electron chi connectivity index (χ0n) is 12.6. The standard InChI is InChI=1S/C18H22FNO2/c19-18-9-2-1-7-16(18)14-22-17-8-5-6-15(12-17)13-20-10-3-4-11-21/h1-2,5-9,12,20-21H,3-4,10-11,13-14H2. The summed E-state index contributed by atoms with van der Waals surface area (Å²) in [7, 11) is 0. The Bertz CT molecular complexity index is 575. The number of hydrogen-bond donors (Lipinski definition) is 2. The molecular formula is C18H22FNO2. The van der Waals surface area contributed by atoms with E-state index in [0.717, 1.165) is 37.2 Å². The van der Waals surface area contributed by atoms with E-state index in [4.69, 9.17) is 9.84 Å². The molecule has 2 aromatic carbocycles. The largest absolute Gasteiger partial charge is 0.489 e. The molecule has 0 radical (unpaired) electrons. The molecule has 0 heterocycles. The average molecular weight is 303 g/mol. The van der Waals surface area contributed by atoms with Crippen molar-refractivity contribution >= 4 is 0 Å². The molecule has 0 saturated carbocycles. The van der Waals surface area contributed by atoms with Gasteiger partial charge < -0.3 is 15.2 Å². The van der Waals surface area contributed by atoms with Crippen molar-refractivity contribution in [2.24, 2.45) is 0 Å². The van der Waals surface area contributed by atoms with Crippen LogP contribution in [0.15, 0.2) is 48.5 Å². The molecular weight excluding hydrogens is 281 g/mol. The van der Waals surface area contributed by atoms with Crippen molar-refractivity contribution in [2.45, 2.75) is 26.0 Å². The average Bonchev–Trinajstić information content (AvgIpc) is 2.54. The molecule has 2 N–H and O–H groups in total. The van der Waals surface area contributed by atoms with E-state index in [0.29, 0.717) is 5.56 Å². The Kier molecular flexibility index (Phi) is 6.87. The summed E-state index contributed by atoms with van der Waals surface area (Å²) in [4.78, 5) is 0. The lowest BCUT2D eigenvalue weighted by atomic mass is 10.2.